The quantitative estimate of drug-likeness (QED) is 0.801. The second-order valence-electron chi connectivity index (χ2n) is 6.91. The van der Waals surface area contributed by atoms with Gasteiger partial charge in [0, 0.05) is 44.2 Å². The van der Waals surface area contributed by atoms with Crippen LogP contribution in [0.3, 0.4) is 0 Å². The number of fused-ring (bicyclic) bond motifs is 4. The molecular formula is C18H27N3O2. The fraction of sp³-hybridized carbons (Fsp3) is 0.667. The average Bonchev–Trinajstić information content (AvgIpc) is 2.74. The summed E-state index contributed by atoms with van der Waals surface area (Å²) < 4.78 is 5.29. The molecule has 3 saturated heterocycles. The van der Waals surface area contributed by atoms with Crippen LogP contribution in [0.1, 0.15) is 43.2 Å². The zero-order valence-corrected chi connectivity index (χ0v) is 14.4. The van der Waals surface area contributed by atoms with Crippen LogP contribution < -0.4 is 0 Å². The van der Waals surface area contributed by atoms with E-state index in [-0.39, 0.29) is 5.91 Å². The van der Waals surface area contributed by atoms with E-state index in [1.807, 2.05) is 32.9 Å². The van der Waals surface area contributed by atoms with Gasteiger partial charge in [0.2, 0.25) is 5.91 Å². The Kier molecular flexibility index (Phi) is 4.85. The number of carbonyl (C=O) groups is 1. The summed E-state index contributed by atoms with van der Waals surface area (Å²) in [6.07, 6.45) is 6.81. The number of hydrogen-bond donors (Lipinski definition) is 0. The molecule has 0 N–H and O–H groups in total. The van der Waals surface area contributed by atoms with Crippen molar-refractivity contribution in [3.05, 3.63) is 29.2 Å². The summed E-state index contributed by atoms with van der Waals surface area (Å²) >= 11 is 0. The highest BCUT2D eigenvalue weighted by Gasteiger charge is 2.36. The van der Waals surface area contributed by atoms with Crippen LogP contribution in [0, 0.1) is 19.8 Å². The van der Waals surface area contributed by atoms with E-state index in [0.29, 0.717) is 18.4 Å². The van der Waals surface area contributed by atoms with Crippen LogP contribution in [0.2, 0.25) is 0 Å². The van der Waals surface area contributed by atoms with Crippen LogP contribution in [0.4, 0.5) is 0 Å². The van der Waals surface area contributed by atoms with Crippen LogP contribution in [-0.4, -0.2) is 46.5 Å². The molecule has 4 heterocycles. The minimum atomic E-state index is 0.275. The van der Waals surface area contributed by atoms with E-state index in [2.05, 4.69) is 15.0 Å². The van der Waals surface area contributed by atoms with E-state index in [1.54, 1.807) is 0 Å². The Bertz CT molecular complexity index is 574. The molecule has 4 rings (SSSR count). The number of rotatable bonds is 4. The van der Waals surface area contributed by atoms with E-state index in [4.69, 9.17) is 4.52 Å². The lowest BCUT2D eigenvalue weighted by Gasteiger charge is -2.36. The highest BCUT2D eigenvalue weighted by molar-refractivity contribution is 5.78. The highest BCUT2D eigenvalue weighted by atomic mass is 16.5. The molecule has 0 aliphatic carbocycles. The Hall–Kier alpha value is -1.62. The van der Waals surface area contributed by atoms with Gasteiger partial charge in [-0.2, -0.15) is 0 Å². The summed E-state index contributed by atoms with van der Waals surface area (Å²) in [4.78, 5) is 17.1. The van der Waals surface area contributed by atoms with Crippen LogP contribution in [0.15, 0.2) is 16.7 Å². The van der Waals surface area contributed by atoms with Gasteiger partial charge in [0.25, 0.3) is 0 Å². The molecule has 5 nitrogen and oxygen atoms in total. The third-order valence-electron chi connectivity index (χ3n) is 5.20. The maximum absolute atomic E-state index is 12.5. The molecule has 3 aliphatic heterocycles. The molecule has 1 amide bonds. The fourth-order valence-electron chi connectivity index (χ4n) is 3.90. The predicted molar refractivity (Wildman–Crippen MR) is 88.9 cm³/mol. The van der Waals surface area contributed by atoms with Gasteiger partial charge >= 0.3 is 0 Å². The summed E-state index contributed by atoms with van der Waals surface area (Å²) in [6, 6.07) is 0.354. The summed E-state index contributed by atoms with van der Waals surface area (Å²) in [7, 11) is 0. The van der Waals surface area contributed by atoms with Crippen molar-refractivity contribution in [2.75, 3.05) is 19.6 Å². The molecule has 1 aromatic rings. The van der Waals surface area contributed by atoms with Crippen molar-refractivity contribution in [3.8, 4) is 0 Å². The number of hydrogen-bond acceptors (Lipinski definition) is 4. The summed E-state index contributed by atoms with van der Waals surface area (Å²) in [5.74, 6) is 1.78. The number of piperidine rings is 1. The lowest BCUT2D eigenvalue weighted by Crippen LogP contribution is -2.47. The Labute approximate surface area is 138 Å². The van der Waals surface area contributed by atoms with Crippen LogP contribution in [0.25, 0.3) is 0 Å². The molecule has 126 valence electrons. The Morgan fingerprint density at radius 2 is 2.13 bits per heavy atom. The van der Waals surface area contributed by atoms with Gasteiger partial charge in [0.15, 0.2) is 0 Å². The molecule has 0 radical (unpaired) electrons. The molecule has 23 heavy (non-hydrogen) atoms. The van der Waals surface area contributed by atoms with Crippen LogP contribution in [-0.2, 0) is 11.3 Å². The first kappa shape index (κ1) is 16.2. The fourth-order valence-corrected chi connectivity index (χ4v) is 3.90. The molecule has 3 fully saturated rings. The second-order valence-corrected chi connectivity index (χ2v) is 6.91. The van der Waals surface area contributed by atoms with Gasteiger partial charge in [0.05, 0.1) is 5.69 Å². The number of nitrogens with zero attached hydrogens (tertiary/aromatic N) is 3. The number of aryl methyl sites for hydroxylation is 2. The van der Waals surface area contributed by atoms with E-state index < -0.39 is 0 Å². The minimum Gasteiger partial charge on any atom is -0.361 e. The first-order valence-electron chi connectivity index (χ1n) is 8.63. The molecule has 0 aromatic carbocycles. The van der Waals surface area contributed by atoms with Gasteiger partial charge in [-0.05, 0) is 39.5 Å². The molecule has 0 saturated carbocycles. The summed E-state index contributed by atoms with van der Waals surface area (Å²) in [6.45, 7) is 9.77. The Balaban J connectivity index is 1.70. The Morgan fingerprint density at radius 1 is 1.30 bits per heavy atom. The van der Waals surface area contributed by atoms with Gasteiger partial charge in [-0.3, -0.25) is 9.69 Å². The lowest BCUT2D eigenvalue weighted by molar-refractivity contribution is -0.134. The number of aromatic nitrogens is 1. The maximum Gasteiger partial charge on any atom is 0.226 e. The normalized spacial score (nSPS) is 25.3. The van der Waals surface area contributed by atoms with Gasteiger partial charge in [-0.15, -0.1) is 0 Å². The average molecular weight is 317 g/mol. The smallest absolute Gasteiger partial charge is 0.226 e. The van der Waals surface area contributed by atoms with Crippen LogP contribution in [0.5, 0.6) is 0 Å². The van der Waals surface area contributed by atoms with Crippen molar-refractivity contribution in [2.45, 2.75) is 52.6 Å². The minimum absolute atomic E-state index is 0.275. The molecular weight excluding hydrogens is 290 g/mol. The second kappa shape index (κ2) is 6.87. The predicted octanol–water partition coefficient (Wildman–Crippen LogP) is 2.68. The lowest BCUT2D eigenvalue weighted by atomic mass is 9.94. The standard InChI is InChI=1S/C18H27N3O2/c1-4-5-6-18(22)21-10-15-7-8-16(21)11-20(9-15)12-17-13(2)19-23-14(17)3/h4-5,15-16H,6-12H2,1-3H3/t15-,16+/m0/s1. The van der Waals surface area contributed by atoms with Crippen molar-refractivity contribution < 1.29 is 9.32 Å². The maximum atomic E-state index is 12.5. The van der Waals surface area contributed by atoms with Gasteiger partial charge in [0.1, 0.15) is 5.76 Å². The van der Waals surface area contributed by atoms with Crippen molar-refractivity contribution in [3.63, 3.8) is 0 Å². The molecule has 5 heteroatoms. The molecule has 1 aromatic heterocycles. The largest absolute Gasteiger partial charge is 0.361 e. The number of amides is 1. The third-order valence-corrected chi connectivity index (χ3v) is 5.20. The topological polar surface area (TPSA) is 49.6 Å². The summed E-state index contributed by atoms with van der Waals surface area (Å²) in [5.41, 5.74) is 2.19. The third kappa shape index (κ3) is 3.50. The SMILES string of the molecule is CC=CCC(=O)N1C[C@H]2CC[C@@H]1CN(Cc1c(C)noc1C)C2. The van der Waals surface area contributed by atoms with Crippen LogP contribution >= 0.6 is 0 Å². The molecule has 0 spiro atoms. The number of allylic oxidation sites excluding steroid dienone is 1. The zero-order chi connectivity index (χ0) is 16.4. The molecule has 0 unspecified atom stereocenters. The summed E-state index contributed by atoms with van der Waals surface area (Å²) in [5, 5.41) is 4.06. The van der Waals surface area contributed by atoms with Crippen molar-refractivity contribution in [2.24, 2.45) is 5.92 Å². The van der Waals surface area contributed by atoms with Gasteiger partial charge in [-0.1, -0.05) is 17.3 Å². The van der Waals surface area contributed by atoms with Gasteiger partial charge < -0.3 is 9.42 Å². The first-order valence-corrected chi connectivity index (χ1v) is 8.63. The van der Waals surface area contributed by atoms with Crippen molar-refractivity contribution in [1.29, 1.82) is 0 Å². The zero-order valence-electron chi connectivity index (χ0n) is 14.4. The molecule has 2 atom stereocenters. The molecule has 3 aliphatic rings. The van der Waals surface area contributed by atoms with Gasteiger partial charge in [-0.25, -0.2) is 0 Å². The highest BCUT2D eigenvalue weighted by Crippen LogP contribution is 2.30. The van der Waals surface area contributed by atoms with Crippen molar-refractivity contribution >= 4 is 5.91 Å². The molecule has 2 bridgehead atoms. The number of carbonyl (C=O) groups excluding carboxylic acids is 1. The van der Waals surface area contributed by atoms with E-state index in [0.717, 1.165) is 44.1 Å². The van der Waals surface area contributed by atoms with E-state index >= 15 is 0 Å². The monoisotopic (exact) mass is 317 g/mol. The van der Waals surface area contributed by atoms with Crippen molar-refractivity contribution in [1.82, 2.24) is 15.0 Å². The first-order chi connectivity index (χ1) is 11.1. The Morgan fingerprint density at radius 3 is 2.83 bits per heavy atom. The van der Waals surface area contributed by atoms with E-state index in [9.17, 15) is 4.79 Å². The van der Waals surface area contributed by atoms with E-state index in [1.165, 1.54) is 12.0 Å².